The zero-order valence-electron chi connectivity index (χ0n) is 20.5. The van der Waals surface area contributed by atoms with Gasteiger partial charge in [0, 0.05) is 55.3 Å². The maximum atomic E-state index is 13.9. The first-order valence-corrected chi connectivity index (χ1v) is 11.1. The lowest BCUT2D eigenvalue weighted by Crippen LogP contribution is -2.42. The number of ether oxygens (including phenoxy) is 3. The largest absolute Gasteiger partial charge is 0.497 e. The second-order valence-corrected chi connectivity index (χ2v) is 8.15. The molecule has 0 N–H and O–H groups in total. The third-order valence-corrected chi connectivity index (χ3v) is 5.51. The highest BCUT2D eigenvalue weighted by molar-refractivity contribution is 5.82. The molecular formula is C25H24F3N5O4. The highest BCUT2D eigenvalue weighted by Crippen LogP contribution is 2.36. The lowest BCUT2D eigenvalue weighted by Gasteiger charge is -2.30. The average molecular weight is 515 g/mol. The summed E-state index contributed by atoms with van der Waals surface area (Å²) in [6, 6.07) is 9.62. The van der Waals surface area contributed by atoms with Gasteiger partial charge in [0.25, 0.3) is 0 Å². The van der Waals surface area contributed by atoms with Gasteiger partial charge in [-0.3, -0.25) is 14.5 Å². The summed E-state index contributed by atoms with van der Waals surface area (Å²) in [6.45, 7) is 0.212. The van der Waals surface area contributed by atoms with Crippen LogP contribution in [0.25, 0.3) is 22.3 Å². The number of aromatic nitrogens is 4. The van der Waals surface area contributed by atoms with Crippen molar-refractivity contribution in [2.75, 3.05) is 25.7 Å². The van der Waals surface area contributed by atoms with E-state index in [-0.39, 0.29) is 0 Å². The van der Waals surface area contributed by atoms with E-state index in [1.54, 1.807) is 66.7 Å². The predicted molar refractivity (Wildman–Crippen MR) is 130 cm³/mol. The van der Waals surface area contributed by atoms with Gasteiger partial charge in [-0.05, 0) is 18.2 Å². The summed E-state index contributed by atoms with van der Waals surface area (Å²) in [5.41, 5.74) is 2.99. The molecule has 0 bridgehead atoms. The molecule has 0 amide bonds. The Labute approximate surface area is 210 Å². The van der Waals surface area contributed by atoms with E-state index in [1.165, 1.54) is 19.1 Å². The fourth-order valence-corrected chi connectivity index (χ4v) is 3.74. The maximum Gasteiger partial charge on any atom is 0.427 e. The molecule has 4 rings (SSSR count). The highest BCUT2D eigenvalue weighted by Gasteiger charge is 2.44. The summed E-state index contributed by atoms with van der Waals surface area (Å²) >= 11 is 0. The Balaban J connectivity index is 1.84. The Kier molecular flexibility index (Phi) is 7.18. The van der Waals surface area contributed by atoms with Gasteiger partial charge in [0.2, 0.25) is 6.10 Å². The molecule has 1 atom stereocenters. The Bertz CT molecular complexity index is 1400. The number of methoxy groups -OCH3 is 2. The molecule has 4 aromatic rings. The fraction of sp³-hybridized carbons (Fsp3) is 0.280. The van der Waals surface area contributed by atoms with E-state index in [1.807, 2.05) is 0 Å². The van der Waals surface area contributed by atoms with Crippen molar-refractivity contribution in [2.45, 2.75) is 19.2 Å². The number of fused-ring (bicyclic) bond motifs is 1. The summed E-state index contributed by atoms with van der Waals surface area (Å²) in [4.78, 5) is 21.9. The number of rotatable bonds is 8. The van der Waals surface area contributed by atoms with E-state index in [2.05, 4.69) is 19.8 Å². The molecule has 0 saturated carbocycles. The number of nitrogens with zero attached hydrogens (tertiary/aromatic N) is 5. The number of aryl methyl sites for hydroxylation is 1. The Morgan fingerprint density at radius 1 is 1.03 bits per heavy atom. The topological polar surface area (TPSA) is 91.6 Å². The van der Waals surface area contributed by atoms with Crippen molar-refractivity contribution < 1.29 is 32.2 Å². The SMILES string of the molecule is COc1cc(OC)cc(N(CC(OC(C)=O)C(F)(F)F)c2ccc3ncc(-c4cnn(C)c4)nc3c2)c1. The van der Waals surface area contributed by atoms with E-state index < -0.39 is 24.8 Å². The van der Waals surface area contributed by atoms with Crippen molar-refractivity contribution in [1.29, 1.82) is 0 Å². The molecule has 1 unspecified atom stereocenters. The van der Waals surface area contributed by atoms with E-state index in [0.717, 1.165) is 12.5 Å². The quantitative estimate of drug-likeness (QED) is 0.313. The van der Waals surface area contributed by atoms with Crippen molar-refractivity contribution in [3.8, 4) is 22.8 Å². The molecule has 0 aliphatic carbocycles. The minimum Gasteiger partial charge on any atom is -0.497 e. The van der Waals surface area contributed by atoms with E-state index in [0.29, 0.717) is 39.6 Å². The molecule has 0 aliphatic rings. The van der Waals surface area contributed by atoms with Gasteiger partial charge < -0.3 is 19.1 Å². The number of carbonyl (C=O) groups is 1. The van der Waals surface area contributed by atoms with Gasteiger partial charge in [-0.1, -0.05) is 0 Å². The molecule has 0 saturated heterocycles. The number of carbonyl (C=O) groups excluding carboxylic acids is 1. The van der Waals surface area contributed by atoms with Gasteiger partial charge in [-0.2, -0.15) is 18.3 Å². The van der Waals surface area contributed by atoms with Crippen molar-refractivity contribution in [3.05, 3.63) is 55.0 Å². The fourth-order valence-electron chi connectivity index (χ4n) is 3.74. The van der Waals surface area contributed by atoms with Crippen molar-refractivity contribution in [2.24, 2.45) is 7.05 Å². The number of alkyl halides is 3. The van der Waals surface area contributed by atoms with Crippen LogP contribution in [-0.4, -0.2) is 58.8 Å². The molecule has 2 aromatic heterocycles. The zero-order chi connectivity index (χ0) is 26.7. The van der Waals surface area contributed by atoms with Crippen LogP contribution in [0.4, 0.5) is 24.5 Å². The molecule has 0 aliphatic heterocycles. The van der Waals surface area contributed by atoms with Crippen molar-refractivity contribution >= 4 is 28.4 Å². The van der Waals surface area contributed by atoms with Gasteiger partial charge in [0.05, 0.1) is 49.9 Å². The van der Waals surface area contributed by atoms with Gasteiger partial charge in [-0.15, -0.1) is 0 Å². The summed E-state index contributed by atoms with van der Waals surface area (Å²) in [5.74, 6) is -0.305. The molecule has 0 fully saturated rings. The average Bonchev–Trinajstić information content (AvgIpc) is 3.30. The third kappa shape index (κ3) is 5.90. The Morgan fingerprint density at radius 3 is 2.30 bits per heavy atom. The van der Waals surface area contributed by atoms with Crippen LogP contribution in [0.2, 0.25) is 0 Å². The van der Waals surface area contributed by atoms with Crippen LogP contribution in [0, 0.1) is 0 Å². The van der Waals surface area contributed by atoms with Gasteiger partial charge >= 0.3 is 12.1 Å². The Morgan fingerprint density at radius 2 is 1.73 bits per heavy atom. The van der Waals surface area contributed by atoms with Crippen LogP contribution in [0.15, 0.2) is 55.0 Å². The first-order valence-electron chi connectivity index (χ1n) is 11.1. The molecule has 2 aromatic carbocycles. The number of hydrogen-bond acceptors (Lipinski definition) is 8. The number of anilines is 2. The zero-order valence-corrected chi connectivity index (χ0v) is 20.5. The molecule has 0 spiro atoms. The van der Waals surface area contributed by atoms with Crippen molar-refractivity contribution in [3.63, 3.8) is 0 Å². The van der Waals surface area contributed by atoms with Crippen LogP contribution in [-0.2, 0) is 16.6 Å². The van der Waals surface area contributed by atoms with Crippen LogP contribution >= 0.6 is 0 Å². The summed E-state index contributed by atoms with van der Waals surface area (Å²) in [7, 11) is 4.65. The second kappa shape index (κ2) is 10.3. The standard InChI is InChI=1S/C25H24F3N5O4/c1-15(34)37-24(25(26,27)28)14-33(18-7-19(35-3)10-20(8-18)36-4)17-5-6-21-22(9-17)31-23(12-29-21)16-11-30-32(2)13-16/h5-13,24H,14H2,1-4H3. The molecule has 194 valence electrons. The normalized spacial score (nSPS) is 12.3. The first-order chi connectivity index (χ1) is 17.6. The molecule has 0 radical (unpaired) electrons. The molecular weight excluding hydrogens is 491 g/mol. The maximum absolute atomic E-state index is 13.9. The summed E-state index contributed by atoms with van der Waals surface area (Å²) < 4.78 is 58.5. The van der Waals surface area contributed by atoms with Crippen LogP contribution in [0.1, 0.15) is 6.92 Å². The highest BCUT2D eigenvalue weighted by atomic mass is 19.4. The summed E-state index contributed by atoms with van der Waals surface area (Å²) in [5, 5.41) is 4.14. The third-order valence-electron chi connectivity index (χ3n) is 5.51. The number of benzene rings is 2. The molecule has 9 nitrogen and oxygen atoms in total. The van der Waals surface area contributed by atoms with Crippen LogP contribution < -0.4 is 14.4 Å². The number of esters is 1. The van der Waals surface area contributed by atoms with Gasteiger partial charge in [-0.25, -0.2) is 4.98 Å². The minimum atomic E-state index is -4.81. The van der Waals surface area contributed by atoms with Gasteiger partial charge in [0.15, 0.2) is 0 Å². The van der Waals surface area contributed by atoms with E-state index >= 15 is 0 Å². The lowest BCUT2D eigenvalue weighted by molar-refractivity contribution is -0.216. The minimum absolute atomic E-state index is 0.327. The lowest BCUT2D eigenvalue weighted by atomic mass is 10.1. The summed E-state index contributed by atoms with van der Waals surface area (Å²) in [6.07, 6.45) is -2.18. The van der Waals surface area contributed by atoms with Crippen molar-refractivity contribution in [1.82, 2.24) is 19.7 Å². The molecule has 37 heavy (non-hydrogen) atoms. The van der Waals surface area contributed by atoms with E-state index in [4.69, 9.17) is 9.47 Å². The predicted octanol–water partition coefficient (Wildman–Crippen LogP) is 4.68. The number of hydrogen-bond donors (Lipinski definition) is 0. The van der Waals surface area contributed by atoms with E-state index in [9.17, 15) is 18.0 Å². The number of halogens is 3. The van der Waals surface area contributed by atoms with Crippen LogP contribution in [0.3, 0.4) is 0 Å². The second-order valence-electron chi connectivity index (χ2n) is 8.15. The molecule has 2 heterocycles. The van der Waals surface area contributed by atoms with Gasteiger partial charge in [0.1, 0.15) is 11.5 Å². The smallest absolute Gasteiger partial charge is 0.427 e. The molecule has 12 heteroatoms. The first kappa shape index (κ1) is 25.7. The Hall–Kier alpha value is -4.35. The van der Waals surface area contributed by atoms with Crippen LogP contribution in [0.5, 0.6) is 11.5 Å². The monoisotopic (exact) mass is 515 g/mol.